The van der Waals surface area contributed by atoms with E-state index in [1.807, 2.05) is 36.4 Å². The van der Waals surface area contributed by atoms with Crippen molar-refractivity contribution in [2.24, 2.45) is 0 Å². The Morgan fingerprint density at radius 2 is 1.65 bits per heavy atom. The van der Waals surface area contributed by atoms with Crippen LogP contribution in [0, 0.1) is 5.41 Å². The Hall–Kier alpha value is -4.28. The van der Waals surface area contributed by atoms with Crippen LogP contribution in [0.2, 0.25) is 0 Å². The van der Waals surface area contributed by atoms with Crippen molar-refractivity contribution in [3.8, 4) is 11.1 Å². The molecule has 0 atom stereocenters. The number of carbonyl (C=O) groups is 3. The molecule has 1 aromatic heterocycles. The molecule has 0 bridgehead atoms. The molecule has 2 saturated carbocycles. The molecule has 3 fully saturated rings. The van der Waals surface area contributed by atoms with Gasteiger partial charge >= 0.3 is 6.03 Å². The van der Waals surface area contributed by atoms with E-state index in [-0.39, 0.29) is 24.6 Å². The molecule has 11 heteroatoms. The highest BCUT2D eigenvalue weighted by molar-refractivity contribution is 6.01. The van der Waals surface area contributed by atoms with E-state index in [1.165, 1.54) is 0 Å². The number of hydrogen-bond acceptors (Lipinski definition) is 5. The van der Waals surface area contributed by atoms with E-state index in [0.717, 1.165) is 23.0 Å². The van der Waals surface area contributed by atoms with Crippen LogP contribution in [-0.2, 0) is 4.79 Å². The first-order valence-electron chi connectivity index (χ1n) is 13.4. The fourth-order valence-corrected chi connectivity index (χ4v) is 5.39. The molecular formula is C29H29F2N5O4. The number of hydrogen-bond donors (Lipinski definition) is 4. The van der Waals surface area contributed by atoms with Gasteiger partial charge in [-0.3, -0.25) is 14.5 Å². The summed E-state index contributed by atoms with van der Waals surface area (Å²) in [4.78, 5) is 40.2. The third kappa shape index (κ3) is 4.80. The van der Waals surface area contributed by atoms with Gasteiger partial charge in [-0.25, -0.2) is 13.6 Å². The first-order valence-corrected chi connectivity index (χ1v) is 13.4. The number of furan rings is 1. The van der Waals surface area contributed by atoms with Crippen LogP contribution in [0.15, 0.2) is 52.9 Å². The van der Waals surface area contributed by atoms with Gasteiger partial charge in [0.25, 0.3) is 5.91 Å². The lowest BCUT2D eigenvalue weighted by Gasteiger charge is -2.39. The lowest BCUT2D eigenvalue weighted by atomic mass is 9.78. The Kier molecular flexibility index (Phi) is 6.12. The lowest BCUT2D eigenvalue weighted by molar-refractivity contribution is -0.133. The van der Waals surface area contributed by atoms with Gasteiger partial charge in [0.2, 0.25) is 11.8 Å². The summed E-state index contributed by atoms with van der Waals surface area (Å²) in [6.07, 6.45) is 0.878. The molecule has 208 valence electrons. The summed E-state index contributed by atoms with van der Waals surface area (Å²) in [5.74, 6) is -4.14. The summed E-state index contributed by atoms with van der Waals surface area (Å²) in [6, 6.07) is 14.5. The second-order valence-electron chi connectivity index (χ2n) is 10.9. The van der Waals surface area contributed by atoms with E-state index >= 15 is 0 Å². The monoisotopic (exact) mass is 549 g/mol. The van der Waals surface area contributed by atoms with Crippen LogP contribution in [0.3, 0.4) is 0 Å². The number of benzene rings is 2. The number of nitrogens with one attached hydrogen (secondary N) is 4. The van der Waals surface area contributed by atoms with Gasteiger partial charge < -0.3 is 25.8 Å². The van der Waals surface area contributed by atoms with E-state index in [4.69, 9.17) is 9.83 Å². The van der Waals surface area contributed by atoms with Gasteiger partial charge in [0.05, 0.1) is 5.54 Å². The predicted octanol–water partition coefficient (Wildman–Crippen LogP) is 4.61. The molecule has 0 unspecified atom stereocenters. The van der Waals surface area contributed by atoms with Crippen LogP contribution in [0.4, 0.5) is 19.3 Å². The van der Waals surface area contributed by atoms with Crippen LogP contribution in [0.5, 0.6) is 0 Å². The van der Waals surface area contributed by atoms with Gasteiger partial charge in [-0.05, 0) is 61.1 Å². The molecule has 4 amide bonds. The SMILES string of the molecule is N=CC1(NC(=O)C2(NC(=O)c3cc4ccc(-c5ccc(N6CCNC6=O)cc5)cc4o3)CCC(F)(F)CC2)CC1. The fourth-order valence-electron chi connectivity index (χ4n) is 5.39. The number of carbonyl (C=O) groups excluding carboxylic acids is 3. The predicted molar refractivity (Wildman–Crippen MR) is 145 cm³/mol. The second-order valence-corrected chi connectivity index (χ2v) is 10.9. The summed E-state index contributed by atoms with van der Waals surface area (Å²) >= 11 is 0. The highest BCUT2D eigenvalue weighted by Gasteiger charge is 2.52. The van der Waals surface area contributed by atoms with Crippen molar-refractivity contribution >= 4 is 40.7 Å². The van der Waals surface area contributed by atoms with Crippen LogP contribution >= 0.6 is 0 Å². The van der Waals surface area contributed by atoms with Crippen molar-refractivity contribution in [3.63, 3.8) is 0 Å². The highest BCUT2D eigenvalue weighted by atomic mass is 19.3. The maximum atomic E-state index is 14.0. The molecule has 3 aromatic rings. The molecular weight excluding hydrogens is 520 g/mol. The number of urea groups is 1. The molecule has 6 rings (SSSR count). The van der Waals surface area contributed by atoms with Crippen LogP contribution in [0.1, 0.15) is 49.1 Å². The smallest absolute Gasteiger partial charge is 0.321 e. The zero-order chi connectivity index (χ0) is 28.1. The maximum absolute atomic E-state index is 14.0. The van der Waals surface area contributed by atoms with Crippen molar-refractivity contribution < 1.29 is 27.6 Å². The van der Waals surface area contributed by atoms with Crippen molar-refractivity contribution in [2.45, 2.75) is 55.5 Å². The van der Waals surface area contributed by atoms with Gasteiger partial charge in [-0.2, -0.15) is 0 Å². The summed E-state index contributed by atoms with van der Waals surface area (Å²) < 4.78 is 33.9. The normalized spacial score (nSPS) is 20.6. The number of rotatable bonds is 7. The molecule has 2 aromatic carbocycles. The van der Waals surface area contributed by atoms with E-state index in [0.29, 0.717) is 36.9 Å². The highest BCUT2D eigenvalue weighted by Crippen LogP contribution is 2.41. The fraction of sp³-hybridized carbons (Fsp3) is 0.379. The number of anilines is 1. The van der Waals surface area contributed by atoms with Crippen LogP contribution < -0.4 is 20.9 Å². The van der Waals surface area contributed by atoms with Gasteiger partial charge in [-0.15, -0.1) is 0 Å². The minimum Gasteiger partial charge on any atom is -0.451 e. The summed E-state index contributed by atoms with van der Waals surface area (Å²) in [7, 11) is 0. The molecule has 2 aliphatic carbocycles. The number of halogens is 2. The van der Waals surface area contributed by atoms with Gasteiger partial charge in [0, 0.05) is 43.2 Å². The maximum Gasteiger partial charge on any atom is 0.321 e. The average Bonchev–Trinajstić information content (AvgIpc) is 3.36. The van der Waals surface area contributed by atoms with Crippen molar-refractivity contribution in [2.75, 3.05) is 18.0 Å². The van der Waals surface area contributed by atoms with Crippen molar-refractivity contribution in [1.82, 2.24) is 16.0 Å². The van der Waals surface area contributed by atoms with Crippen molar-refractivity contribution in [3.05, 3.63) is 54.3 Å². The number of fused-ring (bicyclic) bond motifs is 1. The average molecular weight is 550 g/mol. The minimum atomic E-state index is -2.90. The van der Waals surface area contributed by atoms with Crippen LogP contribution in [0.25, 0.3) is 22.1 Å². The first-order chi connectivity index (χ1) is 19.1. The first kappa shape index (κ1) is 26.0. The third-order valence-electron chi connectivity index (χ3n) is 8.16. The largest absolute Gasteiger partial charge is 0.451 e. The quantitative estimate of drug-likeness (QED) is 0.321. The van der Waals surface area contributed by atoms with Crippen LogP contribution in [-0.4, -0.2) is 54.1 Å². The molecule has 3 aliphatic rings. The summed E-state index contributed by atoms with van der Waals surface area (Å²) in [5.41, 5.74) is 0.715. The Labute approximate surface area is 228 Å². The Bertz CT molecular complexity index is 1500. The zero-order valence-corrected chi connectivity index (χ0v) is 21.7. The van der Waals surface area contributed by atoms with Crippen molar-refractivity contribution in [1.29, 1.82) is 5.41 Å². The van der Waals surface area contributed by atoms with Gasteiger partial charge in [0.1, 0.15) is 11.1 Å². The summed E-state index contributed by atoms with van der Waals surface area (Å²) in [6.45, 7) is 1.21. The molecule has 1 saturated heterocycles. The number of alkyl halides is 2. The Morgan fingerprint density at radius 1 is 0.950 bits per heavy atom. The minimum absolute atomic E-state index is 0.0276. The molecule has 0 spiro atoms. The Balaban J connectivity index is 1.22. The van der Waals surface area contributed by atoms with E-state index in [2.05, 4.69) is 16.0 Å². The third-order valence-corrected chi connectivity index (χ3v) is 8.16. The lowest BCUT2D eigenvalue weighted by Crippen LogP contribution is -2.63. The number of nitrogens with zero attached hydrogens (tertiary/aromatic N) is 1. The standard InChI is InChI=1S/C29H29F2N5O4/c30-29(31)11-9-28(10-12-29,25(38)35-27(17-32)7-8-27)34-24(37)23-16-20-2-1-19(15-22(20)40-23)18-3-5-21(6-4-18)36-14-13-33-26(36)39/h1-6,15-17,32H,7-14H2,(H,33,39)(H,34,37)(H,35,38). The van der Waals surface area contributed by atoms with Gasteiger partial charge in [0.15, 0.2) is 5.76 Å². The second kappa shape index (κ2) is 9.42. The summed E-state index contributed by atoms with van der Waals surface area (Å²) in [5, 5.41) is 16.6. The molecule has 0 radical (unpaired) electrons. The molecule has 1 aliphatic heterocycles. The topological polar surface area (TPSA) is 128 Å². The van der Waals surface area contributed by atoms with E-state index in [1.54, 1.807) is 17.0 Å². The number of amides is 4. The molecule has 9 nitrogen and oxygen atoms in total. The molecule has 40 heavy (non-hydrogen) atoms. The zero-order valence-electron chi connectivity index (χ0n) is 21.7. The van der Waals surface area contributed by atoms with Gasteiger partial charge in [-0.1, -0.05) is 24.3 Å². The van der Waals surface area contributed by atoms with E-state index < -0.39 is 41.7 Å². The molecule has 2 heterocycles. The van der Waals surface area contributed by atoms with E-state index in [9.17, 15) is 23.2 Å². The molecule has 4 N–H and O–H groups in total. The Morgan fingerprint density at radius 3 is 2.27 bits per heavy atom.